The Kier molecular flexibility index (Phi) is 6.20. The number of anilines is 3. The van der Waals surface area contributed by atoms with Crippen molar-refractivity contribution in [3.8, 4) is 29.0 Å². The van der Waals surface area contributed by atoms with Gasteiger partial charge < -0.3 is 20.5 Å². The summed E-state index contributed by atoms with van der Waals surface area (Å²) in [5.41, 5.74) is 5.39. The number of alkyl halides is 3. The Bertz CT molecular complexity index is 1330. The number of hydrogen-bond donors (Lipinski definition) is 3. The molecule has 2 heterocycles. The van der Waals surface area contributed by atoms with Crippen LogP contribution in [0.15, 0.2) is 54.6 Å². The largest absolute Gasteiger partial charge is 0.458 e. The van der Waals surface area contributed by atoms with E-state index in [0.29, 0.717) is 17.1 Å². The van der Waals surface area contributed by atoms with Crippen molar-refractivity contribution in [2.75, 3.05) is 11.1 Å². The maximum atomic E-state index is 12.9. The number of hydrogen-bond acceptors (Lipinski definition) is 8. The molecule has 2 aromatic heterocycles. The third-order valence-electron chi connectivity index (χ3n) is 4.36. The van der Waals surface area contributed by atoms with Crippen molar-refractivity contribution < 1.29 is 22.6 Å². The van der Waals surface area contributed by atoms with Gasteiger partial charge in [-0.1, -0.05) is 18.2 Å². The van der Waals surface area contributed by atoms with E-state index >= 15 is 0 Å². The molecule has 182 valence electrons. The first-order valence-electron chi connectivity index (χ1n) is 10.4. The van der Waals surface area contributed by atoms with Gasteiger partial charge in [0.2, 0.25) is 11.8 Å². The standard InChI is InChI=1S/C23H22F3N7O2/c1-22(2,3)35-21-29-17(27)12-18(30-21)34-16-9-4-6-13(10-16)19-31-20(33-32-19)28-15-8-5-7-14(11-15)23(24,25)26/h4-12H,1-3H3,(H2,27,29,30)(H2,28,31,32,33). The molecule has 4 rings (SSSR count). The van der Waals surface area contributed by atoms with Crippen LogP contribution in [0.25, 0.3) is 11.4 Å². The topological polar surface area (TPSA) is 124 Å². The quantitative estimate of drug-likeness (QED) is 0.324. The Labute approximate surface area is 198 Å². The number of nitrogens with two attached hydrogens (primary N) is 1. The van der Waals surface area contributed by atoms with Crippen LogP contribution in [-0.2, 0) is 6.18 Å². The summed E-state index contributed by atoms with van der Waals surface area (Å²) in [6.07, 6.45) is -4.45. The number of benzene rings is 2. The van der Waals surface area contributed by atoms with Gasteiger partial charge in [-0.2, -0.15) is 28.1 Å². The predicted octanol–water partition coefficient (Wildman–Crippen LogP) is 5.58. The molecule has 0 unspecified atom stereocenters. The van der Waals surface area contributed by atoms with Crippen molar-refractivity contribution in [3.05, 3.63) is 60.2 Å². The van der Waals surface area contributed by atoms with Crippen molar-refractivity contribution in [3.63, 3.8) is 0 Å². The minimum absolute atomic E-state index is 0.0872. The zero-order valence-corrected chi connectivity index (χ0v) is 19.0. The molecule has 0 amide bonds. The normalized spacial score (nSPS) is 11.8. The Morgan fingerprint density at radius 1 is 0.943 bits per heavy atom. The lowest BCUT2D eigenvalue weighted by Gasteiger charge is -2.19. The van der Waals surface area contributed by atoms with Gasteiger partial charge in [0.1, 0.15) is 17.2 Å². The summed E-state index contributed by atoms with van der Waals surface area (Å²) < 4.78 is 50.3. The van der Waals surface area contributed by atoms with Crippen LogP contribution in [0.5, 0.6) is 17.6 Å². The maximum Gasteiger partial charge on any atom is 0.416 e. The van der Waals surface area contributed by atoms with E-state index in [0.717, 1.165) is 12.1 Å². The molecule has 9 nitrogen and oxygen atoms in total. The van der Waals surface area contributed by atoms with E-state index < -0.39 is 17.3 Å². The fourth-order valence-electron chi connectivity index (χ4n) is 2.97. The SMILES string of the molecule is CC(C)(C)Oc1nc(N)cc(Oc2cccc(-c3nc(Nc4cccc(C(F)(F)F)c4)n[nH]3)c2)n1. The van der Waals surface area contributed by atoms with E-state index in [1.165, 1.54) is 18.2 Å². The Balaban J connectivity index is 1.51. The monoisotopic (exact) mass is 485 g/mol. The first kappa shape index (κ1) is 23.8. The molecule has 0 fully saturated rings. The molecule has 12 heteroatoms. The summed E-state index contributed by atoms with van der Waals surface area (Å²) in [6, 6.07) is 13.2. The second kappa shape index (κ2) is 9.12. The number of ether oxygens (including phenoxy) is 2. The average Bonchev–Trinajstić information content (AvgIpc) is 3.20. The van der Waals surface area contributed by atoms with Crippen molar-refractivity contribution >= 4 is 17.5 Å². The van der Waals surface area contributed by atoms with Crippen LogP contribution in [0.1, 0.15) is 26.3 Å². The van der Waals surface area contributed by atoms with Crippen molar-refractivity contribution in [1.82, 2.24) is 25.1 Å². The molecule has 0 aliphatic carbocycles. The summed E-state index contributed by atoms with van der Waals surface area (Å²) in [5.74, 6) is 1.30. The first-order valence-corrected chi connectivity index (χ1v) is 10.4. The molecule has 35 heavy (non-hydrogen) atoms. The highest BCUT2D eigenvalue weighted by molar-refractivity contribution is 5.61. The molecule has 0 atom stereocenters. The zero-order chi connectivity index (χ0) is 25.2. The molecule has 0 bridgehead atoms. The fraction of sp³-hybridized carbons (Fsp3) is 0.217. The number of nitrogens with zero attached hydrogens (tertiary/aromatic N) is 4. The van der Waals surface area contributed by atoms with Gasteiger partial charge in [0.05, 0.1) is 5.56 Å². The molecule has 4 aromatic rings. The van der Waals surface area contributed by atoms with Gasteiger partial charge in [-0.25, -0.2) is 0 Å². The molecular weight excluding hydrogens is 463 g/mol. The number of rotatable bonds is 6. The maximum absolute atomic E-state index is 12.9. The second-order valence-corrected chi connectivity index (χ2v) is 8.47. The third-order valence-corrected chi connectivity index (χ3v) is 4.36. The van der Waals surface area contributed by atoms with Crippen molar-refractivity contribution in [2.24, 2.45) is 0 Å². The number of aromatic nitrogens is 5. The zero-order valence-electron chi connectivity index (χ0n) is 19.0. The van der Waals surface area contributed by atoms with Crippen molar-refractivity contribution in [1.29, 1.82) is 0 Å². The molecular formula is C23H22F3N7O2. The van der Waals surface area contributed by atoms with Crippen LogP contribution in [0, 0.1) is 0 Å². The molecule has 0 aliphatic heterocycles. The van der Waals surface area contributed by atoms with Crippen LogP contribution in [0.2, 0.25) is 0 Å². The van der Waals surface area contributed by atoms with Crippen LogP contribution in [0.4, 0.5) is 30.6 Å². The van der Waals surface area contributed by atoms with Gasteiger partial charge in [0.15, 0.2) is 5.82 Å². The fourth-order valence-corrected chi connectivity index (χ4v) is 2.97. The van der Waals surface area contributed by atoms with Gasteiger partial charge in [-0.05, 0) is 51.1 Å². The van der Waals surface area contributed by atoms with Gasteiger partial charge in [-0.3, -0.25) is 5.10 Å². The summed E-state index contributed by atoms with van der Waals surface area (Å²) in [6.45, 7) is 5.57. The first-order chi connectivity index (χ1) is 16.4. The molecule has 0 radical (unpaired) electrons. The van der Waals surface area contributed by atoms with Crippen LogP contribution in [-0.4, -0.2) is 30.8 Å². The van der Waals surface area contributed by atoms with Gasteiger partial charge >= 0.3 is 12.2 Å². The highest BCUT2D eigenvalue weighted by Gasteiger charge is 2.30. The number of nitrogens with one attached hydrogen (secondary N) is 2. The van der Waals surface area contributed by atoms with E-state index in [-0.39, 0.29) is 29.3 Å². The lowest BCUT2D eigenvalue weighted by Crippen LogP contribution is -2.24. The number of H-pyrrole nitrogens is 1. The van der Waals surface area contributed by atoms with Gasteiger partial charge in [0, 0.05) is 17.3 Å². The molecule has 2 aromatic carbocycles. The number of halogens is 3. The van der Waals surface area contributed by atoms with E-state index in [1.54, 1.807) is 24.3 Å². The van der Waals surface area contributed by atoms with Crippen LogP contribution in [0.3, 0.4) is 0 Å². The van der Waals surface area contributed by atoms with E-state index in [4.69, 9.17) is 15.2 Å². The molecule has 4 N–H and O–H groups in total. The van der Waals surface area contributed by atoms with Gasteiger partial charge in [0.25, 0.3) is 0 Å². The Morgan fingerprint density at radius 2 is 1.71 bits per heavy atom. The molecule has 0 aliphatic rings. The minimum atomic E-state index is -4.45. The smallest absolute Gasteiger partial charge is 0.416 e. The van der Waals surface area contributed by atoms with Crippen LogP contribution < -0.4 is 20.5 Å². The summed E-state index contributed by atoms with van der Waals surface area (Å²) >= 11 is 0. The molecule has 0 spiro atoms. The lowest BCUT2D eigenvalue weighted by atomic mass is 10.2. The predicted molar refractivity (Wildman–Crippen MR) is 123 cm³/mol. The summed E-state index contributed by atoms with van der Waals surface area (Å²) in [4.78, 5) is 12.6. The molecule has 0 saturated carbocycles. The second-order valence-electron chi connectivity index (χ2n) is 8.47. The minimum Gasteiger partial charge on any atom is -0.458 e. The molecule has 0 saturated heterocycles. The van der Waals surface area contributed by atoms with Gasteiger partial charge in [-0.15, -0.1) is 5.10 Å². The third kappa shape index (κ3) is 6.37. The highest BCUT2D eigenvalue weighted by Crippen LogP contribution is 2.32. The van der Waals surface area contributed by atoms with E-state index in [9.17, 15) is 13.2 Å². The van der Waals surface area contributed by atoms with E-state index in [1.807, 2.05) is 20.8 Å². The summed E-state index contributed by atoms with van der Waals surface area (Å²) in [5, 5.41) is 9.55. The highest BCUT2D eigenvalue weighted by atomic mass is 19.4. The lowest BCUT2D eigenvalue weighted by molar-refractivity contribution is -0.137. The Morgan fingerprint density at radius 3 is 2.46 bits per heavy atom. The number of nitrogen functional groups attached to an aromatic ring is 1. The van der Waals surface area contributed by atoms with Crippen molar-refractivity contribution in [2.45, 2.75) is 32.5 Å². The average molecular weight is 485 g/mol. The summed E-state index contributed by atoms with van der Waals surface area (Å²) in [7, 11) is 0. The Hall–Kier alpha value is -4.35. The van der Waals surface area contributed by atoms with Crippen LogP contribution >= 0.6 is 0 Å². The number of aromatic amines is 1. The van der Waals surface area contributed by atoms with E-state index in [2.05, 4.69) is 30.5 Å².